The number of aryl methyl sites for hydroxylation is 1. The summed E-state index contributed by atoms with van der Waals surface area (Å²) in [4.78, 5) is 11.7. The van der Waals surface area contributed by atoms with E-state index < -0.39 is 5.91 Å². The van der Waals surface area contributed by atoms with E-state index in [4.69, 9.17) is 4.74 Å². The van der Waals surface area contributed by atoms with E-state index in [2.05, 4.69) is 42.4 Å². The molecule has 2 rings (SSSR count). The van der Waals surface area contributed by atoms with E-state index in [-0.39, 0.29) is 12.4 Å². The van der Waals surface area contributed by atoms with Crippen LogP contribution in [0.1, 0.15) is 11.1 Å². The van der Waals surface area contributed by atoms with Gasteiger partial charge in [0.2, 0.25) is 0 Å². The molecule has 0 radical (unpaired) electrons. The number of amides is 1. The Labute approximate surface area is 150 Å². The monoisotopic (exact) mass is 442 g/mol. The predicted octanol–water partition coefficient (Wildman–Crippen LogP) is 4.19. The summed E-state index contributed by atoms with van der Waals surface area (Å²) in [6.45, 7) is 1.72. The van der Waals surface area contributed by atoms with Crippen molar-refractivity contribution in [1.29, 1.82) is 0 Å². The van der Waals surface area contributed by atoms with Gasteiger partial charge in [-0.2, -0.15) is 5.10 Å². The number of ether oxygens (including phenoxy) is 1. The Hall–Kier alpha value is -1.73. The second-order valence-electron chi connectivity index (χ2n) is 4.67. The van der Waals surface area contributed by atoms with E-state index in [1.807, 2.05) is 19.1 Å². The van der Waals surface area contributed by atoms with Crippen LogP contribution < -0.4 is 10.2 Å². The van der Waals surface area contributed by atoms with Gasteiger partial charge in [0.25, 0.3) is 5.91 Å². The van der Waals surface area contributed by atoms with Crippen LogP contribution in [0.3, 0.4) is 0 Å². The number of hydrogen-bond acceptors (Lipinski definition) is 3. The normalized spacial score (nSPS) is 10.8. The number of nitrogens with zero attached hydrogens (tertiary/aromatic N) is 1. The third kappa shape index (κ3) is 5.44. The molecule has 0 aliphatic carbocycles. The zero-order valence-electron chi connectivity index (χ0n) is 12.1. The average molecular weight is 444 g/mol. The van der Waals surface area contributed by atoms with Gasteiger partial charge >= 0.3 is 0 Å². The topological polar surface area (TPSA) is 50.7 Å². The van der Waals surface area contributed by atoms with E-state index in [0.717, 1.165) is 14.5 Å². The third-order valence-electron chi connectivity index (χ3n) is 2.81. The van der Waals surface area contributed by atoms with Crippen LogP contribution in [0.5, 0.6) is 5.75 Å². The van der Waals surface area contributed by atoms with E-state index >= 15 is 0 Å². The first-order valence-corrected chi connectivity index (χ1v) is 8.20. The fourth-order valence-electron chi connectivity index (χ4n) is 1.77. The van der Waals surface area contributed by atoms with Crippen molar-refractivity contribution in [3.05, 3.63) is 62.3 Å². The van der Waals surface area contributed by atoms with Crippen molar-refractivity contribution in [1.82, 2.24) is 5.43 Å². The molecule has 0 bridgehead atoms. The van der Waals surface area contributed by atoms with Gasteiger partial charge < -0.3 is 4.74 Å². The number of carbonyl (C=O) groups is 1. The predicted molar refractivity (Wildman–Crippen MR) is 94.2 cm³/mol. The molecule has 0 aromatic heterocycles. The van der Waals surface area contributed by atoms with Crippen molar-refractivity contribution in [2.24, 2.45) is 5.10 Å². The van der Waals surface area contributed by atoms with Gasteiger partial charge in [-0.15, -0.1) is 0 Å². The quantitative estimate of drug-likeness (QED) is 0.556. The molecule has 120 valence electrons. The lowest BCUT2D eigenvalue weighted by Crippen LogP contribution is -2.24. The van der Waals surface area contributed by atoms with Crippen LogP contribution in [-0.4, -0.2) is 18.7 Å². The number of benzene rings is 2. The maximum Gasteiger partial charge on any atom is 0.277 e. The number of hydrazone groups is 1. The Bertz CT molecular complexity index is 710. The van der Waals surface area contributed by atoms with Crippen LogP contribution >= 0.6 is 31.9 Å². The Morgan fingerprint density at radius 3 is 2.65 bits per heavy atom. The minimum atomic E-state index is -0.391. The smallest absolute Gasteiger partial charge is 0.277 e. The molecule has 0 aliphatic heterocycles. The van der Waals surface area contributed by atoms with Crippen molar-refractivity contribution in [3.8, 4) is 5.75 Å². The Balaban J connectivity index is 1.87. The Kier molecular flexibility index (Phi) is 6.29. The largest absolute Gasteiger partial charge is 0.482 e. The molecular formula is C16H13Br2FN2O2. The SMILES string of the molecule is Cc1cc(Br)cc(Br)c1OCC(=O)NN=Cc1ccc(F)cc1. The lowest BCUT2D eigenvalue weighted by atomic mass is 10.2. The van der Waals surface area contributed by atoms with Crippen molar-refractivity contribution in [3.63, 3.8) is 0 Å². The van der Waals surface area contributed by atoms with Crippen LogP contribution in [0, 0.1) is 12.7 Å². The standard InChI is InChI=1S/C16H13Br2FN2O2/c1-10-6-12(17)7-14(18)16(10)23-9-15(22)21-20-8-11-2-4-13(19)5-3-11/h2-8H,9H2,1H3,(H,21,22). The molecule has 23 heavy (non-hydrogen) atoms. The molecule has 4 nitrogen and oxygen atoms in total. The zero-order chi connectivity index (χ0) is 16.8. The Morgan fingerprint density at radius 2 is 2.00 bits per heavy atom. The molecular weight excluding hydrogens is 431 g/mol. The molecule has 0 fully saturated rings. The average Bonchev–Trinajstić information content (AvgIpc) is 2.48. The van der Waals surface area contributed by atoms with Crippen molar-refractivity contribution < 1.29 is 13.9 Å². The van der Waals surface area contributed by atoms with Gasteiger partial charge in [-0.3, -0.25) is 4.79 Å². The summed E-state index contributed by atoms with van der Waals surface area (Å²) in [5.74, 6) is -0.113. The minimum absolute atomic E-state index is 0.165. The molecule has 0 atom stereocenters. The summed E-state index contributed by atoms with van der Waals surface area (Å²) < 4.78 is 19.9. The van der Waals surface area contributed by atoms with E-state index in [1.54, 1.807) is 12.1 Å². The van der Waals surface area contributed by atoms with Crippen molar-refractivity contribution in [2.75, 3.05) is 6.61 Å². The number of carbonyl (C=O) groups excluding carboxylic acids is 1. The fourth-order valence-corrected chi connectivity index (χ4v) is 3.32. The summed E-state index contributed by atoms with van der Waals surface area (Å²) in [5, 5.41) is 3.80. The molecule has 0 saturated heterocycles. The molecule has 1 N–H and O–H groups in total. The van der Waals surface area contributed by atoms with E-state index in [9.17, 15) is 9.18 Å². The van der Waals surface area contributed by atoms with Crippen molar-refractivity contribution >= 4 is 44.0 Å². The third-order valence-corrected chi connectivity index (χ3v) is 3.86. The van der Waals surface area contributed by atoms with Crippen LogP contribution in [0.4, 0.5) is 4.39 Å². The molecule has 1 amide bonds. The highest BCUT2D eigenvalue weighted by molar-refractivity contribution is 9.11. The molecule has 2 aromatic rings. The van der Waals surface area contributed by atoms with Gasteiger partial charge in [0.15, 0.2) is 6.61 Å². The van der Waals surface area contributed by atoms with Crippen LogP contribution in [-0.2, 0) is 4.79 Å². The first-order valence-electron chi connectivity index (χ1n) is 6.61. The highest BCUT2D eigenvalue weighted by Crippen LogP contribution is 2.32. The van der Waals surface area contributed by atoms with E-state index in [0.29, 0.717) is 11.3 Å². The van der Waals surface area contributed by atoms with Crippen LogP contribution in [0.25, 0.3) is 0 Å². The summed E-state index contributed by atoms with van der Waals surface area (Å²) in [5.41, 5.74) is 3.93. The maximum absolute atomic E-state index is 12.8. The maximum atomic E-state index is 12.8. The zero-order valence-corrected chi connectivity index (χ0v) is 15.3. The second kappa shape index (κ2) is 8.21. The lowest BCUT2D eigenvalue weighted by Gasteiger charge is -2.10. The molecule has 0 spiro atoms. The Morgan fingerprint density at radius 1 is 1.30 bits per heavy atom. The molecule has 7 heteroatoms. The minimum Gasteiger partial charge on any atom is -0.482 e. The number of rotatable bonds is 5. The van der Waals surface area contributed by atoms with E-state index in [1.165, 1.54) is 18.3 Å². The first kappa shape index (κ1) is 17.6. The van der Waals surface area contributed by atoms with Gasteiger partial charge in [-0.1, -0.05) is 28.1 Å². The number of halogens is 3. The van der Waals surface area contributed by atoms with Gasteiger partial charge in [0.1, 0.15) is 11.6 Å². The van der Waals surface area contributed by atoms with Crippen LogP contribution in [0.15, 0.2) is 50.4 Å². The number of nitrogens with one attached hydrogen (secondary N) is 1. The van der Waals surface area contributed by atoms with Crippen LogP contribution in [0.2, 0.25) is 0 Å². The summed E-state index contributed by atoms with van der Waals surface area (Å²) in [6.07, 6.45) is 1.43. The second-order valence-corrected chi connectivity index (χ2v) is 6.44. The summed E-state index contributed by atoms with van der Waals surface area (Å²) in [7, 11) is 0. The molecule has 0 saturated carbocycles. The highest BCUT2D eigenvalue weighted by Gasteiger charge is 2.09. The molecule has 0 unspecified atom stereocenters. The molecule has 2 aromatic carbocycles. The fraction of sp³-hybridized carbons (Fsp3) is 0.125. The van der Waals surface area contributed by atoms with Gasteiger partial charge in [0.05, 0.1) is 10.7 Å². The van der Waals surface area contributed by atoms with Crippen molar-refractivity contribution in [2.45, 2.75) is 6.92 Å². The van der Waals surface area contributed by atoms with Gasteiger partial charge in [-0.05, 0) is 58.2 Å². The molecule has 0 heterocycles. The highest BCUT2D eigenvalue weighted by atomic mass is 79.9. The lowest BCUT2D eigenvalue weighted by molar-refractivity contribution is -0.123. The molecule has 0 aliphatic rings. The van der Waals surface area contributed by atoms with Gasteiger partial charge in [-0.25, -0.2) is 9.82 Å². The summed E-state index contributed by atoms with van der Waals surface area (Å²) in [6, 6.07) is 9.49. The number of hydrogen-bond donors (Lipinski definition) is 1. The first-order chi connectivity index (χ1) is 11.0. The summed E-state index contributed by atoms with van der Waals surface area (Å²) >= 11 is 6.77. The van der Waals surface area contributed by atoms with Gasteiger partial charge in [0, 0.05) is 4.47 Å².